The number of aromatic nitrogens is 1. The summed E-state index contributed by atoms with van der Waals surface area (Å²) in [5, 5.41) is 14.4. The highest BCUT2D eigenvalue weighted by molar-refractivity contribution is 6.07. The zero-order chi connectivity index (χ0) is 13.7. The molecule has 5 nitrogen and oxygen atoms in total. The summed E-state index contributed by atoms with van der Waals surface area (Å²) in [6.45, 7) is 0. The third-order valence-corrected chi connectivity index (χ3v) is 2.61. The number of nitrogens with zero attached hydrogens (tertiary/aromatic N) is 2. The van der Waals surface area contributed by atoms with E-state index in [9.17, 15) is 4.79 Å². The zero-order valence-corrected chi connectivity index (χ0v) is 10.3. The Morgan fingerprint density at radius 2 is 2.00 bits per heavy atom. The van der Waals surface area contributed by atoms with Crippen molar-refractivity contribution in [1.29, 1.82) is 5.26 Å². The summed E-state index contributed by atoms with van der Waals surface area (Å²) in [6, 6.07) is 10.4. The van der Waals surface area contributed by atoms with Crippen molar-refractivity contribution in [3.05, 3.63) is 53.9 Å². The fraction of sp³-hybridized carbons (Fsp3) is 0.0714. The Labute approximate surface area is 110 Å². The number of nitrogens with one attached hydrogen (secondary N) is 2. The quantitative estimate of drug-likeness (QED) is 0.878. The largest absolute Gasteiger partial charge is 0.387 e. The van der Waals surface area contributed by atoms with Crippen molar-refractivity contribution in [2.75, 3.05) is 17.7 Å². The highest BCUT2D eigenvalue weighted by Crippen LogP contribution is 2.16. The number of hydrogen-bond acceptors (Lipinski definition) is 4. The van der Waals surface area contributed by atoms with Crippen molar-refractivity contribution in [2.45, 2.75) is 0 Å². The molecule has 0 aliphatic heterocycles. The van der Waals surface area contributed by atoms with Gasteiger partial charge in [0.05, 0.1) is 17.2 Å². The molecule has 0 spiro atoms. The predicted molar refractivity (Wildman–Crippen MR) is 72.9 cm³/mol. The third-order valence-electron chi connectivity index (χ3n) is 2.61. The molecular formula is C14H12N4O. The van der Waals surface area contributed by atoms with Gasteiger partial charge in [-0.25, -0.2) is 0 Å². The number of amides is 1. The summed E-state index contributed by atoms with van der Waals surface area (Å²) in [4.78, 5) is 16.0. The van der Waals surface area contributed by atoms with Crippen molar-refractivity contribution in [1.82, 2.24) is 4.98 Å². The van der Waals surface area contributed by atoms with Gasteiger partial charge in [0.2, 0.25) is 0 Å². The lowest BCUT2D eigenvalue weighted by atomic mass is 10.2. The first-order valence-electron chi connectivity index (χ1n) is 5.68. The Bertz CT molecular complexity index is 629. The first kappa shape index (κ1) is 12.6. The fourth-order valence-electron chi connectivity index (χ4n) is 1.62. The van der Waals surface area contributed by atoms with Gasteiger partial charge in [0.25, 0.3) is 5.91 Å². The molecule has 0 radical (unpaired) electrons. The van der Waals surface area contributed by atoms with Crippen LogP contribution in [0, 0.1) is 11.3 Å². The van der Waals surface area contributed by atoms with Crippen LogP contribution in [0.15, 0.2) is 42.7 Å². The highest BCUT2D eigenvalue weighted by Gasteiger charge is 2.10. The summed E-state index contributed by atoms with van der Waals surface area (Å²) in [6.07, 6.45) is 3.12. The van der Waals surface area contributed by atoms with E-state index in [0.717, 1.165) is 0 Å². The molecule has 0 bridgehead atoms. The molecule has 2 N–H and O–H groups in total. The molecule has 1 heterocycles. The average molecular weight is 252 g/mol. The number of nitriles is 1. The van der Waals surface area contributed by atoms with Gasteiger partial charge in [0.1, 0.15) is 0 Å². The molecule has 1 aromatic heterocycles. The van der Waals surface area contributed by atoms with Gasteiger partial charge in [-0.05, 0) is 30.3 Å². The minimum absolute atomic E-state index is 0.248. The maximum atomic E-state index is 12.1. The Morgan fingerprint density at radius 1 is 1.26 bits per heavy atom. The molecular weight excluding hydrogens is 240 g/mol. The van der Waals surface area contributed by atoms with Crippen LogP contribution in [0.1, 0.15) is 15.9 Å². The van der Waals surface area contributed by atoms with Crippen LogP contribution in [0.5, 0.6) is 0 Å². The normalized spacial score (nSPS) is 9.47. The second kappa shape index (κ2) is 5.65. The number of carbonyl (C=O) groups is 1. The topological polar surface area (TPSA) is 77.8 Å². The van der Waals surface area contributed by atoms with E-state index in [1.165, 1.54) is 6.20 Å². The van der Waals surface area contributed by atoms with E-state index in [-0.39, 0.29) is 5.91 Å². The lowest BCUT2D eigenvalue weighted by Gasteiger charge is -2.09. The molecule has 1 aromatic carbocycles. The van der Waals surface area contributed by atoms with Crippen molar-refractivity contribution >= 4 is 17.3 Å². The Balaban J connectivity index is 2.18. The molecule has 0 fully saturated rings. The molecule has 0 aliphatic rings. The average Bonchev–Trinajstić information content (AvgIpc) is 2.48. The summed E-state index contributed by atoms with van der Waals surface area (Å²) >= 11 is 0. The lowest BCUT2D eigenvalue weighted by molar-refractivity contribution is 0.102. The molecule has 0 atom stereocenters. The maximum absolute atomic E-state index is 12.1. The van der Waals surface area contributed by atoms with Crippen LogP contribution in [-0.2, 0) is 0 Å². The van der Waals surface area contributed by atoms with Crippen LogP contribution in [0.25, 0.3) is 0 Å². The zero-order valence-electron chi connectivity index (χ0n) is 10.3. The van der Waals surface area contributed by atoms with Gasteiger partial charge in [-0.2, -0.15) is 5.26 Å². The molecule has 19 heavy (non-hydrogen) atoms. The maximum Gasteiger partial charge on any atom is 0.259 e. The molecule has 5 heteroatoms. The number of rotatable bonds is 3. The minimum atomic E-state index is -0.248. The lowest BCUT2D eigenvalue weighted by Crippen LogP contribution is -2.14. The molecule has 2 rings (SSSR count). The van der Waals surface area contributed by atoms with Crippen LogP contribution in [0.2, 0.25) is 0 Å². The summed E-state index contributed by atoms with van der Waals surface area (Å²) in [5.74, 6) is -0.248. The first-order valence-corrected chi connectivity index (χ1v) is 5.68. The summed E-state index contributed by atoms with van der Waals surface area (Å²) in [5.41, 5.74) is 2.36. The fourth-order valence-corrected chi connectivity index (χ4v) is 1.62. The molecule has 1 amide bonds. The summed E-state index contributed by atoms with van der Waals surface area (Å²) in [7, 11) is 1.74. The Morgan fingerprint density at radius 3 is 2.63 bits per heavy atom. The molecule has 0 unspecified atom stereocenters. The molecule has 94 valence electrons. The molecule has 0 saturated heterocycles. The SMILES string of the molecule is CNc1ccncc1C(=O)Nc1ccc(C#N)cc1. The van der Waals surface area contributed by atoms with Crippen LogP contribution in [0.3, 0.4) is 0 Å². The molecule has 0 saturated carbocycles. The second-order valence-corrected chi connectivity index (χ2v) is 3.81. The third kappa shape index (κ3) is 2.87. The van der Waals surface area contributed by atoms with Crippen molar-refractivity contribution < 1.29 is 4.79 Å². The monoisotopic (exact) mass is 252 g/mol. The van der Waals surface area contributed by atoms with Crippen LogP contribution in [0.4, 0.5) is 11.4 Å². The smallest absolute Gasteiger partial charge is 0.259 e. The van der Waals surface area contributed by atoms with Crippen LogP contribution >= 0.6 is 0 Å². The van der Waals surface area contributed by atoms with Crippen molar-refractivity contribution in [2.24, 2.45) is 0 Å². The number of benzene rings is 1. The van der Waals surface area contributed by atoms with Gasteiger partial charge in [0.15, 0.2) is 0 Å². The van der Waals surface area contributed by atoms with E-state index in [4.69, 9.17) is 5.26 Å². The van der Waals surface area contributed by atoms with Gasteiger partial charge in [-0.1, -0.05) is 0 Å². The standard InChI is InChI=1S/C14H12N4O/c1-16-13-6-7-17-9-12(13)14(19)18-11-4-2-10(8-15)3-5-11/h2-7,9H,1H3,(H,16,17)(H,18,19). The highest BCUT2D eigenvalue weighted by atomic mass is 16.1. The van der Waals surface area contributed by atoms with Gasteiger partial charge in [-0.15, -0.1) is 0 Å². The van der Waals surface area contributed by atoms with Gasteiger partial charge >= 0.3 is 0 Å². The number of anilines is 2. The second-order valence-electron chi connectivity index (χ2n) is 3.81. The number of hydrogen-bond donors (Lipinski definition) is 2. The minimum Gasteiger partial charge on any atom is -0.387 e. The van der Waals surface area contributed by atoms with E-state index < -0.39 is 0 Å². The Kier molecular flexibility index (Phi) is 3.74. The van der Waals surface area contributed by atoms with E-state index >= 15 is 0 Å². The number of carbonyl (C=O) groups excluding carboxylic acids is 1. The van der Waals surface area contributed by atoms with Gasteiger partial charge < -0.3 is 10.6 Å². The van der Waals surface area contributed by atoms with Gasteiger partial charge in [-0.3, -0.25) is 9.78 Å². The Hall–Kier alpha value is -2.87. The first-order chi connectivity index (χ1) is 9.24. The van der Waals surface area contributed by atoms with Crippen molar-refractivity contribution in [3.8, 4) is 6.07 Å². The van der Waals surface area contributed by atoms with Crippen molar-refractivity contribution in [3.63, 3.8) is 0 Å². The molecule has 0 aliphatic carbocycles. The van der Waals surface area contributed by atoms with E-state index in [0.29, 0.717) is 22.5 Å². The molecule has 2 aromatic rings. The van der Waals surface area contributed by atoms with Crippen LogP contribution < -0.4 is 10.6 Å². The van der Waals surface area contributed by atoms with E-state index in [1.807, 2.05) is 6.07 Å². The summed E-state index contributed by atoms with van der Waals surface area (Å²) < 4.78 is 0. The van der Waals surface area contributed by atoms with Crippen LogP contribution in [-0.4, -0.2) is 17.9 Å². The predicted octanol–water partition coefficient (Wildman–Crippen LogP) is 2.25. The number of pyridine rings is 1. The van der Waals surface area contributed by atoms with Gasteiger partial charge in [0, 0.05) is 30.8 Å². The van der Waals surface area contributed by atoms with E-state index in [1.54, 1.807) is 43.6 Å². The van der Waals surface area contributed by atoms with E-state index in [2.05, 4.69) is 15.6 Å².